The maximum atomic E-state index is 13.3. The van der Waals surface area contributed by atoms with Gasteiger partial charge >= 0.3 is 0 Å². The molecule has 4 rings (SSSR count). The smallest absolute Gasteiger partial charge is 0.255 e. The van der Waals surface area contributed by atoms with Gasteiger partial charge in [0.1, 0.15) is 18.1 Å². The Balaban J connectivity index is 1.77. The van der Waals surface area contributed by atoms with Crippen molar-refractivity contribution in [3.63, 3.8) is 0 Å². The van der Waals surface area contributed by atoms with Gasteiger partial charge in [0, 0.05) is 11.4 Å². The van der Waals surface area contributed by atoms with Crippen LogP contribution >= 0.6 is 0 Å². The largest absolute Gasteiger partial charge is 0.508 e. The van der Waals surface area contributed by atoms with Crippen molar-refractivity contribution in [3.8, 4) is 5.75 Å². The lowest BCUT2D eigenvalue weighted by Crippen LogP contribution is -2.31. The summed E-state index contributed by atoms with van der Waals surface area (Å²) in [5.74, 6) is 0.449. The number of aryl methyl sites for hydroxylation is 2. The Bertz CT molecular complexity index is 1100. The Hall–Kier alpha value is -3.61. The summed E-state index contributed by atoms with van der Waals surface area (Å²) in [6, 6.07) is 12.2. The average molecular weight is 375 g/mol. The molecule has 1 amide bonds. The van der Waals surface area contributed by atoms with Crippen LogP contribution in [-0.4, -0.2) is 25.8 Å². The molecule has 7 nitrogen and oxygen atoms in total. The second-order valence-corrected chi connectivity index (χ2v) is 6.96. The van der Waals surface area contributed by atoms with E-state index < -0.39 is 6.04 Å². The van der Waals surface area contributed by atoms with Crippen molar-refractivity contribution in [1.29, 1.82) is 0 Å². The lowest BCUT2D eigenvalue weighted by molar-refractivity contribution is -0.113. The number of aromatic hydroxyl groups is 1. The molecule has 7 heteroatoms. The van der Waals surface area contributed by atoms with E-state index in [1.165, 1.54) is 6.33 Å². The number of aromatic nitrogens is 3. The molecule has 3 aromatic rings. The van der Waals surface area contributed by atoms with Gasteiger partial charge in [-0.05, 0) is 50.1 Å². The van der Waals surface area contributed by atoms with Crippen LogP contribution in [-0.2, 0) is 4.79 Å². The Morgan fingerprint density at radius 3 is 2.75 bits per heavy atom. The molecule has 2 heterocycles. The van der Waals surface area contributed by atoms with Crippen molar-refractivity contribution in [1.82, 2.24) is 14.8 Å². The highest BCUT2D eigenvalue weighted by molar-refractivity contribution is 6.06. The molecule has 1 aliphatic heterocycles. The number of amides is 1. The topological polar surface area (TPSA) is 92.1 Å². The number of carbonyl (C=O) groups is 1. The highest BCUT2D eigenvalue weighted by atomic mass is 16.3. The first-order valence-electron chi connectivity index (χ1n) is 8.99. The third kappa shape index (κ3) is 3.11. The second-order valence-electron chi connectivity index (χ2n) is 6.96. The van der Waals surface area contributed by atoms with Crippen molar-refractivity contribution >= 4 is 17.5 Å². The predicted octanol–water partition coefficient (Wildman–Crippen LogP) is 3.53. The molecule has 0 radical (unpaired) electrons. The van der Waals surface area contributed by atoms with E-state index in [9.17, 15) is 9.90 Å². The van der Waals surface area contributed by atoms with Crippen molar-refractivity contribution in [2.45, 2.75) is 26.8 Å². The second kappa shape index (κ2) is 6.84. The maximum Gasteiger partial charge on any atom is 0.255 e. The lowest BCUT2D eigenvalue weighted by Gasteiger charge is -2.29. The Morgan fingerprint density at radius 1 is 1.18 bits per heavy atom. The molecular weight excluding hydrogens is 354 g/mol. The first-order valence-corrected chi connectivity index (χ1v) is 8.99. The molecule has 1 aromatic heterocycles. The standard InChI is InChI=1S/C21H21N5O2/c1-12-7-8-17(13(2)9-12)25-20(28)18-14(3)24-21-22-11-23-26(21)19(18)15-5-4-6-16(27)10-15/h4-11,19,27H,1-3H3,(H,25,28)(H,22,23,24)/t19-/m0/s1. The van der Waals surface area contributed by atoms with E-state index in [0.717, 1.165) is 22.4 Å². The van der Waals surface area contributed by atoms with Gasteiger partial charge in [0.25, 0.3) is 5.91 Å². The zero-order valence-electron chi connectivity index (χ0n) is 15.9. The van der Waals surface area contributed by atoms with Crippen LogP contribution in [0.15, 0.2) is 60.1 Å². The molecule has 1 aliphatic rings. The number of carbonyl (C=O) groups excluding carboxylic acids is 1. The van der Waals surface area contributed by atoms with E-state index in [1.807, 2.05) is 45.0 Å². The normalized spacial score (nSPS) is 15.8. The number of phenolic OH excluding ortho intramolecular Hbond substituents is 1. The molecule has 0 saturated heterocycles. The summed E-state index contributed by atoms with van der Waals surface area (Å²) in [4.78, 5) is 17.5. The Kier molecular flexibility index (Phi) is 4.35. The molecule has 28 heavy (non-hydrogen) atoms. The summed E-state index contributed by atoms with van der Waals surface area (Å²) >= 11 is 0. The minimum atomic E-state index is -0.503. The molecule has 0 spiro atoms. The van der Waals surface area contributed by atoms with Crippen LogP contribution in [0.5, 0.6) is 5.75 Å². The third-order valence-electron chi connectivity index (χ3n) is 4.86. The number of anilines is 2. The van der Waals surface area contributed by atoms with Crippen LogP contribution in [0.4, 0.5) is 11.6 Å². The Morgan fingerprint density at radius 2 is 2.00 bits per heavy atom. The quantitative estimate of drug-likeness (QED) is 0.651. The van der Waals surface area contributed by atoms with Gasteiger partial charge in [-0.1, -0.05) is 29.8 Å². The highest BCUT2D eigenvalue weighted by Crippen LogP contribution is 2.36. The molecule has 0 aliphatic carbocycles. The maximum absolute atomic E-state index is 13.3. The first kappa shape index (κ1) is 17.8. The zero-order valence-corrected chi connectivity index (χ0v) is 15.9. The zero-order chi connectivity index (χ0) is 19.8. The minimum absolute atomic E-state index is 0.129. The lowest BCUT2D eigenvalue weighted by atomic mass is 9.94. The summed E-state index contributed by atoms with van der Waals surface area (Å²) < 4.78 is 1.65. The monoisotopic (exact) mass is 375 g/mol. The third-order valence-corrected chi connectivity index (χ3v) is 4.86. The van der Waals surface area contributed by atoms with Crippen LogP contribution in [0.1, 0.15) is 29.7 Å². The number of phenols is 1. The van der Waals surface area contributed by atoms with E-state index >= 15 is 0 Å². The molecule has 0 fully saturated rings. The van der Waals surface area contributed by atoms with Gasteiger partial charge < -0.3 is 15.7 Å². The molecule has 0 saturated carbocycles. The fraction of sp³-hybridized carbons (Fsp3) is 0.190. The number of allylic oxidation sites excluding steroid dienone is 1. The van der Waals surface area contributed by atoms with E-state index in [2.05, 4.69) is 20.7 Å². The predicted molar refractivity (Wildman–Crippen MR) is 107 cm³/mol. The van der Waals surface area contributed by atoms with Gasteiger partial charge in [0.2, 0.25) is 5.95 Å². The fourth-order valence-electron chi connectivity index (χ4n) is 3.53. The fourth-order valence-corrected chi connectivity index (χ4v) is 3.53. The van der Waals surface area contributed by atoms with Gasteiger partial charge in [-0.3, -0.25) is 4.79 Å². The Labute approximate surface area is 162 Å². The van der Waals surface area contributed by atoms with Gasteiger partial charge in [-0.25, -0.2) is 4.68 Å². The number of hydrogen-bond donors (Lipinski definition) is 3. The summed E-state index contributed by atoms with van der Waals surface area (Å²) in [7, 11) is 0. The van der Waals surface area contributed by atoms with Crippen LogP contribution in [0.3, 0.4) is 0 Å². The van der Waals surface area contributed by atoms with Crippen molar-refractivity contribution in [2.75, 3.05) is 10.6 Å². The van der Waals surface area contributed by atoms with E-state index in [0.29, 0.717) is 17.2 Å². The van der Waals surface area contributed by atoms with E-state index in [4.69, 9.17) is 0 Å². The van der Waals surface area contributed by atoms with Crippen LogP contribution < -0.4 is 10.6 Å². The van der Waals surface area contributed by atoms with Crippen LogP contribution in [0.25, 0.3) is 0 Å². The number of benzene rings is 2. The summed E-state index contributed by atoms with van der Waals surface area (Å²) in [5, 5.41) is 20.4. The highest BCUT2D eigenvalue weighted by Gasteiger charge is 2.33. The van der Waals surface area contributed by atoms with Crippen molar-refractivity contribution in [2.24, 2.45) is 0 Å². The van der Waals surface area contributed by atoms with Crippen LogP contribution in [0.2, 0.25) is 0 Å². The molecule has 1 atom stereocenters. The average Bonchev–Trinajstić information content (AvgIpc) is 3.10. The molecular formula is C21H21N5O2. The van der Waals surface area contributed by atoms with Crippen molar-refractivity contribution < 1.29 is 9.90 Å². The van der Waals surface area contributed by atoms with E-state index in [-0.39, 0.29) is 11.7 Å². The summed E-state index contributed by atoms with van der Waals surface area (Å²) in [5.41, 5.74) is 4.84. The van der Waals surface area contributed by atoms with Gasteiger partial charge in [-0.2, -0.15) is 10.1 Å². The molecule has 3 N–H and O–H groups in total. The molecule has 0 bridgehead atoms. The molecule has 2 aromatic carbocycles. The number of fused-ring (bicyclic) bond motifs is 1. The van der Waals surface area contributed by atoms with Gasteiger partial charge in [-0.15, -0.1) is 0 Å². The number of rotatable bonds is 3. The van der Waals surface area contributed by atoms with Crippen LogP contribution in [0, 0.1) is 13.8 Å². The molecule has 0 unspecified atom stereocenters. The molecule has 142 valence electrons. The SMILES string of the molecule is CC1=C(C(=O)Nc2ccc(C)cc2C)[C@H](c2cccc(O)c2)n2ncnc2N1. The summed E-state index contributed by atoms with van der Waals surface area (Å²) in [6.07, 6.45) is 1.44. The van der Waals surface area contributed by atoms with Crippen molar-refractivity contribution in [3.05, 3.63) is 76.8 Å². The summed E-state index contributed by atoms with van der Waals surface area (Å²) in [6.45, 7) is 5.82. The van der Waals surface area contributed by atoms with E-state index in [1.54, 1.807) is 22.9 Å². The number of hydrogen-bond acceptors (Lipinski definition) is 5. The number of nitrogens with zero attached hydrogens (tertiary/aromatic N) is 3. The first-order chi connectivity index (χ1) is 13.4. The van der Waals surface area contributed by atoms with Gasteiger partial charge in [0.05, 0.1) is 5.57 Å². The van der Waals surface area contributed by atoms with Gasteiger partial charge in [0.15, 0.2) is 0 Å². The number of nitrogens with one attached hydrogen (secondary N) is 2. The minimum Gasteiger partial charge on any atom is -0.508 e.